The molecule has 2 aromatic rings. The van der Waals surface area contributed by atoms with Gasteiger partial charge in [-0.15, -0.1) is 5.10 Å². The molecule has 0 aliphatic heterocycles. The van der Waals surface area contributed by atoms with Crippen molar-refractivity contribution >= 4 is 17.6 Å². The number of nitrogens with one attached hydrogen (secondary N) is 1. The van der Waals surface area contributed by atoms with Gasteiger partial charge in [-0.05, 0) is 22.2 Å². The predicted molar refractivity (Wildman–Crippen MR) is 63.5 cm³/mol. The lowest BCUT2D eigenvalue weighted by Gasteiger charge is -2.06. The van der Waals surface area contributed by atoms with Crippen LogP contribution in [0.25, 0.3) is 0 Å². The molecule has 0 aromatic carbocycles. The quantitative estimate of drug-likeness (QED) is 0.423. The van der Waals surface area contributed by atoms with Crippen molar-refractivity contribution in [1.82, 2.24) is 30.2 Å². The molecule has 0 fully saturated rings. The third kappa shape index (κ3) is 2.91. The van der Waals surface area contributed by atoms with Crippen LogP contribution >= 0.6 is 11.8 Å². The van der Waals surface area contributed by atoms with Crippen molar-refractivity contribution in [3.8, 4) is 0 Å². The molecular formula is C8H12N8OS. The minimum Gasteiger partial charge on any atom is -0.377 e. The van der Waals surface area contributed by atoms with Gasteiger partial charge in [-0.3, -0.25) is 0 Å². The van der Waals surface area contributed by atoms with Crippen LogP contribution in [0.5, 0.6) is 0 Å². The van der Waals surface area contributed by atoms with Crippen molar-refractivity contribution in [3.05, 3.63) is 11.9 Å². The third-order valence-electron chi connectivity index (χ3n) is 1.95. The van der Waals surface area contributed by atoms with Crippen LogP contribution in [0.15, 0.2) is 16.2 Å². The number of hydrogen-bond acceptors (Lipinski definition) is 9. The summed E-state index contributed by atoms with van der Waals surface area (Å²) >= 11 is 1.32. The molecule has 0 saturated carbocycles. The minimum absolute atomic E-state index is 0.306. The fourth-order valence-electron chi connectivity index (χ4n) is 1.19. The Morgan fingerprint density at radius 1 is 1.50 bits per heavy atom. The molecule has 0 atom stereocenters. The summed E-state index contributed by atoms with van der Waals surface area (Å²) in [5.41, 5.74) is 2.48. The molecular weight excluding hydrogens is 256 g/mol. The average Bonchev–Trinajstić information content (AvgIpc) is 2.75. The number of anilines is 1. The van der Waals surface area contributed by atoms with E-state index in [2.05, 4.69) is 30.9 Å². The van der Waals surface area contributed by atoms with E-state index in [9.17, 15) is 0 Å². The van der Waals surface area contributed by atoms with Gasteiger partial charge < -0.3 is 10.2 Å². The summed E-state index contributed by atoms with van der Waals surface area (Å²) in [5.74, 6) is 6.39. The van der Waals surface area contributed by atoms with Crippen molar-refractivity contribution in [3.63, 3.8) is 0 Å². The van der Waals surface area contributed by atoms with Crippen LogP contribution in [0.4, 0.5) is 5.82 Å². The maximum atomic E-state index is 5.35. The molecule has 3 N–H and O–H groups in total. The summed E-state index contributed by atoms with van der Waals surface area (Å²) in [6.45, 7) is 0.306. The van der Waals surface area contributed by atoms with Crippen LogP contribution in [0.1, 0.15) is 5.82 Å². The number of nitrogens with zero attached hydrogens (tertiary/aromatic N) is 6. The van der Waals surface area contributed by atoms with Gasteiger partial charge in [-0.1, -0.05) is 0 Å². The summed E-state index contributed by atoms with van der Waals surface area (Å²) in [4.78, 5) is 8.46. The smallest absolute Gasteiger partial charge is 0.215 e. The summed E-state index contributed by atoms with van der Waals surface area (Å²) < 4.78 is 6.55. The van der Waals surface area contributed by atoms with E-state index >= 15 is 0 Å². The molecule has 2 rings (SSSR count). The van der Waals surface area contributed by atoms with E-state index in [-0.39, 0.29) is 0 Å². The molecule has 2 heterocycles. The Bertz CT molecular complexity index is 530. The highest BCUT2D eigenvalue weighted by Gasteiger charge is 2.09. The topological polar surface area (TPSA) is 117 Å². The van der Waals surface area contributed by atoms with Crippen molar-refractivity contribution in [2.24, 2.45) is 12.9 Å². The number of ether oxygens (including phenoxy) is 1. The number of tetrazole rings is 1. The molecule has 0 spiro atoms. The van der Waals surface area contributed by atoms with Gasteiger partial charge in [0.2, 0.25) is 5.16 Å². The van der Waals surface area contributed by atoms with Crippen LogP contribution in [0.3, 0.4) is 0 Å². The van der Waals surface area contributed by atoms with E-state index in [1.165, 1.54) is 11.8 Å². The normalized spacial score (nSPS) is 10.6. The number of aromatic nitrogens is 6. The Balaban J connectivity index is 2.26. The molecule has 2 aromatic heterocycles. The van der Waals surface area contributed by atoms with Crippen LogP contribution in [-0.2, 0) is 18.4 Å². The van der Waals surface area contributed by atoms with E-state index in [0.29, 0.717) is 28.4 Å². The second kappa shape index (κ2) is 5.71. The third-order valence-corrected chi connectivity index (χ3v) is 2.89. The second-order valence-electron chi connectivity index (χ2n) is 3.27. The Morgan fingerprint density at radius 2 is 2.33 bits per heavy atom. The molecule has 0 unspecified atom stereocenters. The van der Waals surface area contributed by atoms with Gasteiger partial charge in [0.25, 0.3) is 0 Å². The van der Waals surface area contributed by atoms with Crippen LogP contribution in [-0.4, -0.2) is 37.3 Å². The number of methoxy groups -OCH3 is 1. The SMILES string of the molecule is COCc1nc(NN)cc(Sc2nnnn2C)n1. The standard InChI is InChI=1S/C8H12N8OS/c1-16-8(13-14-15-16)18-7-3-5(12-9)10-6(11-7)4-17-2/h3H,4,9H2,1-2H3,(H,10,11,12). The van der Waals surface area contributed by atoms with E-state index in [1.54, 1.807) is 24.9 Å². The van der Waals surface area contributed by atoms with Crippen LogP contribution in [0.2, 0.25) is 0 Å². The number of hydrogen-bond donors (Lipinski definition) is 2. The summed E-state index contributed by atoms with van der Waals surface area (Å²) in [6, 6.07) is 1.71. The van der Waals surface area contributed by atoms with Gasteiger partial charge >= 0.3 is 0 Å². The monoisotopic (exact) mass is 268 g/mol. The van der Waals surface area contributed by atoms with Crippen molar-refractivity contribution in [1.29, 1.82) is 0 Å². The fourth-order valence-corrected chi connectivity index (χ4v) is 1.95. The Hall–Kier alpha value is -1.78. The molecule has 0 aliphatic carbocycles. The van der Waals surface area contributed by atoms with E-state index < -0.39 is 0 Å². The zero-order chi connectivity index (χ0) is 13.0. The molecule has 0 aliphatic rings. The number of aryl methyl sites for hydroxylation is 1. The predicted octanol–water partition coefficient (Wildman–Crippen LogP) is -0.417. The molecule has 0 radical (unpaired) electrons. The maximum Gasteiger partial charge on any atom is 0.215 e. The Morgan fingerprint density at radius 3 is 2.94 bits per heavy atom. The van der Waals surface area contributed by atoms with Crippen LogP contribution in [0, 0.1) is 0 Å². The minimum atomic E-state index is 0.306. The molecule has 9 nitrogen and oxygen atoms in total. The van der Waals surface area contributed by atoms with Gasteiger partial charge in [0.05, 0.1) is 0 Å². The Kier molecular flexibility index (Phi) is 4.02. The van der Waals surface area contributed by atoms with Gasteiger partial charge in [0.15, 0.2) is 5.82 Å². The lowest BCUT2D eigenvalue weighted by Crippen LogP contribution is -2.11. The first-order valence-electron chi connectivity index (χ1n) is 4.96. The summed E-state index contributed by atoms with van der Waals surface area (Å²) in [6.07, 6.45) is 0. The molecule has 0 saturated heterocycles. The first-order valence-corrected chi connectivity index (χ1v) is 5.78. The molecule has 10 heteroatoms. The van der Waals surface area contributed by atoms with E-state index in [4.69, 9.17) is 10.6 Å². The Labute approximate surface area is 107 Å². The lowest BCUT2D eigenvalue weighted by molar-refractivity contribution is 0.177. The number of hydrazine groups is 1. The summed E-state index contributed by atoms with van der Waals surface area (Å²) in [5, 5.41) is 12.5. The lowest BCUT2D eigenvalue weighted by atomic mass is 10.5. The van der Waals surface area contributed by atoms with Gasteiger partial charge in [-0.25, -0.2) is 20.5 Å². The van der Waals surface area contributed by atoms with Crippen molar-refractivity contribution in [2.45, 2.75) is 16.8 Å². The fraction of sp³-hybridized carbons (Fsp3) is 0.375. The van der Waals surface area contributed by atoms with Crippen LogP contribution < -0.4 is 11.3 Å². The van der Waals surface area contributed by atoms with Gasteiger partial charge in [0.1, 0.15) is 17.5 Å². The highest BCUT2D eigenvalue weighted by molar-refractivity contribution is 7.99. The molecule has 18 heavy (non-hydrogen) atoms. The van der Waals surface area contributed by atoms with Crippen molar-refractivity contribution < 1.29 is 4.74 Å². The second-order valence-corrected chi connectivity index (χ2v) is 4.26. The first kappa shape index (κ1) is 12.7. The van der Waals surface area contributed by atoms with E-state index in [1.807, 2.05) is 0 Å². The van der Waals surface area contributed by atoms with E-state index in [0.717, 1.165) is 0 Å². The highest BCUT2D eigenvalue weighted by atomic mass is 32.2. The largest absolute Gasteiger partial charge is 0.377 e. The van der Waals surface area contributed by atoms with Crippen molar-refractivity contribution in [2.75, 3.05) is 12.5 Å². The zero-order valence-corrected chi connectivity index (χ0v) is 10.7. The molecule has 0 amide bonds. The van der Waals surface area contributed by atoms with Gasteiger partial charge in [0, 0.05) is 20.2 Å². The molecule has 0 bridgehead atoms. The molecule has 96 valence electrons. The number of rotatable bonds is 5. The number of nitrogens with two attached hydrogens (primary N) is 1. The highest BCUT2D eigenvalue weighted by Crippen LogP contribution is 2.24. The summed E-state index contributed by atoms with van der Waals surface area (Å²) in [7, 11) is 3.33. The average molecular weight is 268 g/mol. The van der Waals surface area contributed by atoms with Gasteiger partial charge in [-0.2, -0.15) is 0 Å². The zero-order valence-electron chi connectivity index (χ0n) is 9.86. The maximum absolute atomic E-state index is 5.35. The first-order chi connectivity index (χ1) is 8.72. The number of nitrogen functional groups attached to an aromatic ring is 1.